The van der Waals surface area contributed by atoms with Gasteiger partial charge in [-0.1, -0.05) is 30.7 Å². The third-order valence-corrected chi connectivity index (χ3v) is 3.19. The van der Waals surface area contributed by atoms with E-state index in [4.69, 9.17) is 20.8 Å². The van der Waals surface area contributed by atoms with Crippen LogP contribution in [0, 0.1) is 10.4 Å². The number of carbonyl (C=O) groups is 1. The quantitative estimate of drug-likeness (QED) is 0.719. The highest BCUT2D eigenvalue weighted by Gasteiger charge is 2.13. The molecule has 0 amide bonds. The van der Waals surface area contributed by atoms with E-state index in [-0.39, 0.29) is 12.4 Å². The highest BCUT2D eigenvalue weighted by Crippen LogP contribution is 2.21. The van der Waals surface area contributed by atoms with Crippen LogP contribution in [0.1, 0.15) is 25.4 Å². The molecule has 5 nitrogen and oxygen atoms in total. The lowest BCUT2D eigenvalue weighted by Crippen LogP contribution is -2.24. The summed E-state index contributed by atoms with van der Waals surface area (Å²) >= 11 is 5.60. The molecule has 112 valence electrons. The maximum Gasteiger partial charge on any atom is 0.308 e. The molecule has 0 aromatic carbocycles. The summed E-state index contributed by atoms with van der Waals surface area (Å²) in [6.45, 7) is 4.07. The van der Waals surface area contributed by atoms with Crippen molar-refractivity contribution in [3.8, 4) is 5.95 Å². The molecule has 0 atom stereocenters. The van der Waals surface area contributed by atoms with Gasteiger partial charge < -0.3 is 19.1 Å². The lowest BCUT2D eigenvalue weighted by atomic mass is 10.1. The summed E-state index contributed by atoms with van der Waals surface area (Å²) in [5.41, 5.74) is 0.295. The number of carbonyl (C=O) groups excluding carboxylic acids is 1. The molecule has 0 radical (unpaired) electrons. The number of hydrogen-bond donors (Lipinski definition) is 0. The number of hydrogen-bond acceptors (Lipinski definition) is 5. The fourth-order valence-electron chi connectivity index (χ4n) is 1.77. The van der Waals surface area contributed by atoms with Crippen molar-refractivity contribution in [3.05, 3.63) is 45.2 Å². The molecular weight excluding hydrogens is 294 g/mol. The molecule has 0 saturated heterocycles. The molecule has 0 fully saturated rings. The molecule has 2 aliphatic carbocycles. The fourth-order valence-corrected chi connectivity index (χ4v) is 2.06. The second-order valence-corrected chi connectivity index (χ2v) is 4.78. The van der Waals surface area contributed by atoms with Crippen molar-refractivity contribution in [1.29, 1.82) is 0 Å². The Hall–Kier alpha value is -2.01. The number of halogens is 1. The lowest BCUT2D eigenvalue weighted by Gasteiger charge is -2.01. The Balaban J connectivity index is 0.000000189. The van der Waals surface area contributed by atoms with Gasteiger partial charge in [0.15, 0.2) is 5.89 Å². The third kappa shape index (κ3) is 3.55. The number of ether oxygens (including phenoxy) is 1. The number of oxazole rings is 1. The standard InChI is InChI=1S/C9H13NO4.C6H3Cl/c1-3-7-10-6(5-8(11)12)9(14-7)13-4-2;7-6-3-4-1-2-5(4)6/h3-5H2,1-2H3,(H,11,12);1-3H/p-1. The van der Waals surface area contributed by atoms with Crippen molar-refractivity contribution < 1.29 is 19.1 Å². The topological polar surface area (TPSA) is 75.4 Å². The summed E-state index contributed by atoms with van der Waals surface area (Å²) in [6.07, 6.45) is 0.325. The Bertz CT molecular complexity index is 739. The molecule has 0 spiro atoms. The molecule has 1 aromatic rings. The number of nitrogens with zero attached hydrogens (tertiary/aromatic N) is 1. The van der Waals surface area contributed by atoms with Gasteiger partial charge in [0.2, 0.25) is 0 Å². The average Bonchev–Trinajstić information content (AvgIpc) is 2.78. The van der Waals surface area contributed by atoms with E-state index in [0.29, 0.717) is 24.6 Å². The summed E-state index contributed by atoms with van der Waals surface area (Å²) < 4.78 is 10.3. The van der Waals surface area contributed by atoms with Crippen LogP contribution in [0.5, 0.6) is 5.95 Å². The van der Waals surface area contributed by atoms with Gasteiger partial charge in [0.05, 0.1) is 6.61 Å². The zero-order valence-corrected chi connectivity index (χ0v) is 12.6. The highest BCUT2D eigenvalue weighted by atomic mass is 35.5. The van der Waals surface area contributed by atoms with Crippen LogP contribution in [0.25, 0.3) is 0 Å². The number of aromatic nitrogens is 1. The van der Waals surface area contributed by atoms with Crippen molar-refractivity contribution in [2.45, 2.75) is 26.7 Å². The molecule has 0 saturated carbocycles. The molecular formula is C15H15ClNO4-. The largest absolute Gasteiger partial charge is 0.550 e. The van der Waals surface area contributed by atoms with Crippen molar-refractivity contribution in [2.75, 3.05) is 6.61 Å². The van der Waals surface area contributed by atoms with Gasteiger partial charge in [0, 0.05) is 29.1 Å². The summed E-state index contributed by atoms with van der Waals surface area (Å²) in [7, 11) is 0. The van der Waals surface area contributed by atoms with Gasteiger partial charge in [-0.3, -0.25) is 0 Å². The monoisotopic (exact) mass is 308 g/mol. The molecule has 0 aliphatic heterocycles. The van der Waals surface area contributed by atoms with Crippen molar-refractivity contribution in [3.63, 3.8) is 0 Å². The molecule has 21 heavy (non-hydrogen) atoms. The van der Waals surface area contributed by atoms with E-state index in [1.165, 1.54) is 10.4 Å². The second kappa shape index (κ2) is 6.63. The summed E-state index contributed by atoms with van der Waals surface area (Å²) in [6, 6.07) is 6.05. The van der Waals surface area contributed by atoms with Crippen LogP contribution < -0.4 is 9.84 Å². The molecule has 0 bridgehead atoms. The summed E-state index contributed by atoms with van der Waals surface area (Å²) in [5, 5.41) is 13.8. The van der Waals surface area contributed by atoms with Gasteiger partial charge in [-0.05, 0) is 18.2 Å². The van der Waals surface area contributed by atoms with Gasteiger partial charge in [-0.2, -0.15) is 0 Å². The van der Waals surface area contributed by atoms with E-state index in [0.717, 1.165) is 5.02 Å². The minimum atomic E-state index is -1.19. The molecule has 6 heteroatoms. The van der Waals surface area contributed by atoms with Gasteiger partial charge in [0.25, 0.3) is 0 Å². The summed E-state index contributed by atoms with van der Waals surface area (Å²) in [5.74, 6) is -0.528. The smallest absolute Gasteiger partial charge is 0.308 e. The van der Waals surface area contributed by atoms with E-state index in [1.807, 2.05) is 19.1 Å². The van der Waals surface area contributed by atoms with Crippen molar-refractivity contribution in [1.82, 2.24) is 4.98 Å². The van der Waals surface area contributed by atoms with Gasteiger partial charge in [0.1, 0.15) is 5.69 Å². The number of aryl methyl sites for hydroxylation is 1. The SMILES string of the molecule is CCOc1oc(CC)nc1CC(=O)[O-].Clc1cc2ccc1=2. The predicted octanol–water partition coefficient (Wildman–Crippen LogP) is 1.87. The Morgan fingerprint density at radius 1 is 1.43 bits per heavy atom. The zero-order chi connectivity index (χ0) is 15.4. The van der Waals surface area contributed by atoms with Crippen LogP contribution in [0.3, 0.4) is 0 Å². The van der Waals surface area contributed by atoms with Crippen LogP contribution in [0.15, 0.2) is 22.6 Å². The number of aliphatic carboxylic acids is 1. The predicted molar refractivity (Wildman–Crippen MR) is 74.9 cm³/mol. The first-order chi connectivity index (χ1) is 10.0. The normalized spacial score (nSPS) is 10.6. The average molecular weight is 309 g/mol. The first-order valence-corrected chi connectivity index (χ1v) is 7.04. The lowest BCUT2D eigenvalue weighted by molar-refractivity contribution is -0.304. The second-order valence-electron chi connectivity index (χ2n) is 4.37. The first kappa shape index (κ1) is 15.4. The minimum absolute atomic E-state index is 0.188. The van der Waals surface area contributed by atoms with Crippen molar-refractivity contribution in [2.24, 2.45) is 0 Å². The van der Waals surface area contributed by atoms with E-state index in [2.05, 4.69) is 11.1 Å². The number of rotatable bonds is 5. The molecule has 3 rings (SSSR count). The van der Waals surface area contributed by atoms with Crippen LogP contribution in [0.4, 0.5) is 0 Å². The van der Waals surface area contributed by atoms with E-state index in [9.17, 15) is 9.90 Å². The van der Waals surface area contributed by atoms with Gasteiger partial charge in [-0.15, -0.1) is 0 Å². The fraction of sp³-hybridized carbons (Fsp3) is 0.333. The molecule has 0 N–H and O–H groups in total. The highest BCUT2D eigenvalue weighted by molar-refractivity contribution is 6.31. The van der Waals surface area contributed by atoms with E-state index in [1.54, 1.807) is 6.92 Å². The number of benzene rings is 1. The van der Waals surface area contributed by atoms with E-state index < -0.39 is 5.97 Å². The third-order valence-electron chi connectivity index (χ3n) is 2.88. The van der Waals surface area contributed by atoms with Gasteiger partial charge >= 0.3 is 5.95 Å². The van der Waals surface area contributed by atoms with Crippen LogP contribution in [0.2, 0.25) is 5.02 Å². The molecule has 1 heterocycles. The summed E-state index contributed by atoms with van der Waals surface area (Å²) in [4.78, 5) is 14.3. The van der Waals surface area contributed by atoms with Crippen LogP contribution in [-0.2, 0) is 17.6 Å². The Labute approximate surface area is 126 Å². The van der Waals surface area contributed by atoms with Crippen LogP contribution in [-0.4, -0.2) is 17.6 Å². The molecule has 0 unspecified atom stereocenters. The molecule has 1 aromatic heterocycles. The maximum absolute atomic E-state index is 10.4. The van der Waals surface area contributed by atoms with Gasteiger partial charge in [-0.25, -0.2) is 4.98 Å². The Morgan fingerprint density at radius 3 is 2.52 bits per heavy atom. The Morgan fingerprint density at radius 2 is 2.19 bits per heavy atom. The zero-order valence-electron chi connectivity index (χ0n) is 11.8. The van der Waals surface area contributed by atoms with Crippen molar-refractivity contribution >= 4 is 17.6 Å². The maximum atomic E-state index is 10.4. The number of carboxylic acid groups (broad SMARTS) is 1. The van der Waals surface area contributed by atoms with Crippen LogP contribution >= 0.6 is 11.6 Å². The van der Waals surface area contributed by atoms with E-state index >= 15 is 0 Å². The first-order valence-electron chi connectivity index (χ1n) is 6.66. The minimum Gasteiger partial charge on any atom is -0.550 e. The molecule has 2 aliphatic rings. The Kier molecular flexibility index (Phi) is 4.85. The number of carboxylic acids is 1.